The third-order valence-corrected chi connectivity index (χ3v) is 5.62. The molecule has 0 aliphatic heterocycles. The summed E-state index contributed by atoms with van der Waals surface area (Å²) in [5.41, 5.74) is -0.957. The molecule has 1 heterocycles. The van der Waals surface area contributed by atoms with Crippen molar-refractivity contribution in [1.82, 2.24) is 19.7 Å². The number of carbonyl (C=O) groups is 1. The van der Waals surface area contributed by atoms with Crippen molar-refractivity contribution in [3.05, 3.63) is 36.0 Å². The van der Waals surface area contributed by atoms with Gasteiger partial charge < -0.3 is 9.84 Å². The van der Waals surface area contributed by atoms with Crippen molar-refractivity contribution >= 4 is 23.2 Å². The van der Waals surface area contributed by atoms with Crippen LogP contribution in [0.25, 0.3) is 0 Å². The maximum absolute atomic E-state index is 12.7. The van der Waals surface area contributed by atoms with Crippen molar-refractivity contribution < 1.29 is 32.0 Å². The lowest BCUT2D eigenvalue weighted by Crippen LogP contribution is -2.37. The Kier molecular flexibility index (Phi) is 8.92. The molecule has 0 bridgehead atoms. The van der Waals surface area contributed by atoms with Crippen LogP contribution in [0.15, 0.2) is 35.3 Å². The molecule has 2 atom stereocenters. The first-order valence-electron chi connectivity index (χ1n) is 9.42. The average molecular weight is 480 g/mol. The number of carboxylic acid groups (broad SMARTS) is 1. The molecule has 0 amide bonds. The Bertz CT molecular complexity index is 917. The predicted octanol–water partition coefficient (Wildman–Crippen LogP) is 3.26. The van der Waals surface area contributed by atoms with Gasteiger partial charge in [-0.1, -0.05) is 17.9 Å². The highest BCUT2D eigenvalue weighted by Gasteiger charge is 2.33. The highest BCUT2D eigenvalue weighted by atomic mass is 32.2. The number of nitrogens with one attached hydrogen (secondary N) is 1. The molecular weight excluding hydrogens is 451 g/mol. The molecule has 13 heteroatoms. The van der Waals surface area contributed by atoms with E-state index in [4.69, 9.17) is 0 Å². The van der Waals surface area contributed by atoms with Crippen LogP contribution in [0.5, 0.6) is 0 Å². The van der Waals surface area contributed by atoms with E-state index in [1.165, 1.54) is 26.1 Å². The summed E-state index contributed by atoms with van der Waals surface area (Å²) in [6.45, 7) is 11.6. The number of aliphatic carboxylic acids is 1. The fourth-order valence-electron chi connectivity index (χ4n) is 2.01. The Labute approximate surface area is 187 Å². The Morgan fingerprint density at radius 1 is 1.38 bits per heavy atom. The molecule has 0 aliphatic carbocycles. The normalized spacial score (nSPS) is 15.6. The first-order chi connectivity index (χ1) is 14.5. The van der Waals surface area contributed by atoms with Gasteiger partial charge in [0.05, 0.1) is 33.8 Å². The second kappa shape index (κ2) is 10.4. The summed E-state index contributed by atoms with van der Waals surface area (Å²) in [6, 6.07) is -0.912. The number of aromatic nitrogens is 3. The minimum Gasteiger partial charge on any atom is -0.483 e. The number of nitrogens with zero attached hydrogens (tertiary/aromatic N) is 4. The summed E-state index contributed by atoms with van der Waals surface area (Å²) in [5, 5.41) is 17.3. The van der Waals surface area contributed by atoms with E-state index in [2.05, 4.69) is 31.3 Å². The zero-order valence-corrected chi connectivity index (χ0v) is 19.5. The Balaban J connectivity index is 3.28. The van der Waals surface area contributed by atoms with Crippen LogP contribution >= 0.6 is 0 Å². The maximum Gasteiger partial charge on any atom is 0.422 e. The minimum absolute atomic E-state index is 0.212. The summed E-state index contributed by atoms with van der Waals surface area (Å²) in [6.07, 6.45) is -0.614. The number of aliphatic imine (C=N–C) groups is 1. The molecule has 0 saturated carbocycles. The van der Waals surface area contributed by atoms with Gasteiger partial charge in [-0.15, -0.1) is 5.10 Å². The van der Waals surface area contributed by atoms with E-state index in [0.29, 0.717) is 0 Å². The van der Waals surface area contributed by atoms with E-state index in [1.807, 2.05) is 0 Å². The van der Waals surface area contributed by atoms with Gasteiger partial charge in [0, 0.05) is 0 Å². The minimum atomic E-state index is -4.52. The van der Waals surface area contributed by atoms with Crippen molar-refractivity contribution in [2.45, 2.75) is 64.0 Å². The van der Waals surface area contributed by atoms with Crippen LogP contribution in [0.2, 0.25) is 0 Å². The number of allylic oxidation sites excluding steroid dienone is 2. The molecule has 0 fully saturated rings. The molecule has 1 rings (SSSR count). The number of hydrogen-bond acceptors (Lipinski definition) is 6. The second-order valence-electron chi connectivity index (χ2n) is 8.23. The Hall–Kier alpha value is -2.54. The highest BCUT2D eigenvalue weighted by Crippen LogP contribution is 2.26. The number of hydrogen-bond donors (Lipinski definition) is 2. The number of carboxylic acids is 1. The average Bonchev–Trinajstić information content (AvgIpc) is 3.14. The molecule has 9 nitrogen and oxygen atoms in total. The molecule has 0 aliphatic rings. The SMILES string of the molecule is C=C(C=N/C(=C\C)[C@H](N[S@@](=O)C(C)(C)C)c1cn(C(C)(C)C(=O)O)nn1)OCC(F)(F)F. The third kappa shape index (κ3) is 7.86. The molecule has 1 aromatic rings. The van der Waals surface area contributed by atoms with Crippen LogP contribution in [0.3, 0.4) is 0 Å². The van der Waals surface area contributed by atoms with Gasteiger partial charge in [-0.2, -0.15) is 13.2 Å². The van der Waals surface area contributed by atoms with Crippen LogP contribution < -0.4 is 4.72 Å². The molecule has 0 aromatic carbocycles. The molecule has 0 radical (unpaired) electrons. The molecular formula is C19H28F3N5O4S. The molecule has 0 spiro atoms. The van der Waals surface area contributed by atoms with Gasteiger partial charge in [-0.3, -0.25) is 4.99 Å². The lowest BCUT2D eigenvalue weighted by molar-refractivity contribution is -0.163. The first-order valence-corrected chi connectivity index (χ1v) is 10.6. The van der Waals surface area contributed by atoms with Crippen molar-refractivity contribution in [2.24, 2.45) is 4.99 Å². The summed E-state index contributed by atoms with van der Waals surface area (Å²) in [7, 11) is -1.60. The van der Waals surface area contributed by atoms with Gasteiger partial charge in [-0.05, 0) is 41.5 Å². The van der Waals surface area contributed by atoms with Crippen molar-refractivity contribution in [1.29, 1.82) is 0 Å². The van der Waals surface area contributed by atoms with Gasteiger partial charge in [0.2, 0.25) is 0 Å². The lowest BCUT2D eigenvalue weighted by atomic mass is 10.1. The largest absolute Gasteiger partial charge is 0.483 e. The zero-order chi connectivity index (χ0) is 24.9. The monoisotopic (exact) mass is 479 g/mol. The highest BCUT2D eigenvalue weighted by molar-refractivity contribution is 7.84. The van der Waals surface area contributed by atoms with E-state index in [1.54, 1.807) is 27.7 Å². The van der Waals surface area contributed by atoms with Gasteiger partial charge in [0.25, 0.3) is 0 Å². The Morgan fingerprint density at radius 3 is 2.44 bits per heavy atom. The van der Waals surface area contributed by atoms with Crippen molar-refractivity contribution in [3.63, 3.8) is 0 Å². The molecule has 0 unspecified atom stereocenters. The standard InChI is InChI=1S/C19H28F3N5O4S/c1-8-13(23-9-12(2)31-11-19(20,21)22)15(25-32(30)17(3,4)5)14-10-27(26-24-14)18(6,7)16(28)29/h8-10,15,25H,2,11H2,1,3-7H3,(H,28,29)/b13-8-,23-9?/t15-,32-/m0/s1. The smallest absolute Gasteiger partial charge is 0.422 e. The molecule has 0 saturated heterocycles. The first kappa shape index (κ1) is 27.5. The molecule has 180 valence electrons. The van der Waals surface area contributed by atoms with Crippen molar-refractivity contribution in [3.8, 4) is 0 Å². The van der Waals surface area contributed by atoms with Gasteiger partial charge in [0.15, 0.2) is 12.1 Å². The van der Waals surface area contributed by atoms with Crippen LogP contribution in [0.4, 0.5) is 13.2 Å². The van der Waals surface area contributed by atoms with Crippen molar-refractivity contribution in [2.75, 3.05) is 6.61 Å². The van der Waals surface area contributed by atoms with E-state index in [9.17, 15) is 27.3 Å². The molecule has 2 N–H and O–H groups in total. The lowest BCUT2D eigenvalue weighted by Gasteiger charge is -2.23. The number of rotatable bonds is 10. The zero-order valence-electron chi connectivity index (χ0n) is 18.7. The quantitative estimate of drug-likeness (QED) is 0.393. The van der Waals surface area contributed by atoms with Crippen LogP contribution in [-0.2, 0) is 26.1 Å². The summed E-state index contributed by atoms with van der Waals surface area (Å²) < 4.78 is 57.6. The summed E-state index contributed by atoms with van der Waals surface area (Å²) in [4.78, 5) is 15.6. The van der Waals surface area contributed by atoms with Crippen LogP contribution in [0.1, 0.15) is 53.3 Å². The number of alkyl halides is 3. The fraction of sp³-hybridized carbons (Fsp3) is 0.579. The number of ether oxygens (including phenoxy) is 1. The summed E-state index contributed by atoms with van der Waals surface area (Å²) >= 11 is 0. The fourth-order valence-corrected chi connectivity index (χ4v) is 2.82. The topological polar surface area (TPSA) is 119 Å². The summed E-state index contributed by atoms with van der Waals surface area (Å²) in [5.74, 6) is -1.47. The predicted molar refractivity (Wildman–Crippen MR) is 114 cm³/mol. The maximum atomic E-state index is 12.7. The van der Waals surface area contributed by atoms with E-state index in [0.717, 1.165) is 10.9 Å². The van der Waals surface area contributed by atoms with Gasteiger partial charge in [-0.25, -0.2) is 18.4 Å². The van der Waals surface area contributed by atoms with E-state index >= 15 is 0 Å². The van der Waals surface area contributed by atoms with E-state index in [-0.39, 0.29) is 17.2 Å². The third-order valence-electron chi connectivity index (χ3n) is 4.05. The van der Waals surface area contributed by atoms with E-state index < -0.39 is 46.1 Å². The van der Waals surface area contributed by atoms with Gasteiger partial charge >= 0.3 is 12.1 Å². The van der Waals surface area contributed by atoms with Crippen LogP contribution in [0, 0.1) is 0 Å². The molecule has 1 aromatic heterocycles. The van der Waals surface area contributed by atoms with Gasteiger partial charge in [0.1, 0.15) is 17.5 Å². The molecule has 32 heavy (non-hydrogen) atoms. The Morgan fingerprint density at radius 2 is 1.97 bits per heavy atom. The van der Waals surface area contributed by atoms with Crippen LogP contribution in [-0.4, -0.2) is 54.0 Å². The number of halogens is 3. The second-order valence-corrected chi connectivity index (χ2v) is 10.2.